The number of rotatable bonds is 34. The number of nitrogens with zero attached hydrogens (tertiary/aromatic N) is 16. The minimum Gasteiger partial charge on any atom is -0.383 e. The number of para-hydroxylation sites is 1. The third kappa shape index (κ3) is 22.7. The fourth-order valence-electron chi connectivity index (χ4n) is 20.2. The first-order chi connectivity index (χ1) is 66.0. The molecule has 12 heterocycles. The van der Waals surface area contributed by atoms with Crippen molar-refractivity contribution < 1.29 is 43.3 Å². The first kappa shape index (κ1) is 95.5. The number of nitrogen functional groups attached to an aromatic ring is 4. The fraction of sp³-hybridized carbons (Fsp3) is 0.429. The van der Waals surface area contributed by atoms with Gasteiger partial charge in [-0.3, -0.25) is 14.3 Å². The van der Waals surface area contributed by atoms with Crippen LogP contribution in [-0.2, 0) is 75.8 Å². The molecular formula is C98H121N25O10S4. The van der Waals surface area contributed by atoms with Gasteiger partial charge in [0.2, 0.25) is 36.0 Å². The SMILES string of the molecule is CC(=O)CS(=O)(=O)NCc1cccc(-c2cn(C3CC(CN4CCC4)C3)c3ncnc(N)c23)c1.CC(=O)NS(=O)(=O)NCc1cccc(-c2cn(C3CC(CN4CCC4)C3)c3ncnc(N)c23)c1.CNS(=O)(=O)CCc1cccc(-c2cn(C3CC(CN4CCC4)C3)c3ncnc(N)c23)c1.Nc1ncnc2c1c(-c1cccc(CCS(=O)(=O)Nc3ccccc3)c1)cn2C1CC(CN2CCC2)C1. The number of ketones is 1. The summed E-state index contributed by atoms with van der Waals surface area (Å²) >= 11 is 0. The van der Waals surface area contributed by atoms with Crippen molar-refractivity contribution in [2.45, 2.75) is 141 Å². The van der Waals surface area contributed by atoms with Crippen LogP contribution in [0, 0.1) is 23.7 Å². The van der Waals surface area contributed by atoms with E-state index in [0.717, 1.165) is 187 Å². The van der Waals surface area contributed by atoms with Crippen LogP contribution in [0.1, 0.15) is 137 Å². The molecule has 4 saturated carbocycles. The summed E-state index contributed by atoms with van der Waals surface area (Å²) in [6, 6.07) is 41.8. The van der Waals surface area contributed by atoms with E-state index in [2.05, 4.69) is 127 Å². The summed E-state index contributed by atoms with van der Waals surface area (Å²) in [5.74, 6) is 3.21. The summed E-state index contributed by atoms with van der Waals surface area (Å²) in [6.07, 6.45) is 29.8. The molecule has 0 spiro atoms. The molecule has 4 aliphatic carbocycles. The third-order valence-electron chi connectivity index (χ3n) is 28.1. The Balaban J connectivity index is 0.000000122. The maximum Gasteiger partial charge on any atom is 0.301 e. The largest absolute Gasteiger partial charge is 0.383 e. The summed E-state index contributed by atoms with van der Waals surface area (Å²) in [5, 5.41) is 3.37. The lowest BCUT2D eigenvalue weighted by atomic mass is 9.79. The number of hydrogen-bond donors (Lipinski definition) is 9. The van der Waals surface area contributed by atoms with Crippen LogP contribution in [0.3, 0.4) is 0 Å². The smallest absolute Gasteiger partial charge is 0.301 e. The number of aromatic nitrogens is 12. The maximum absolute atomic E-state index is 12.6. The van der Waals surface area contributed by atoms with E-state index < -0.39 is 57.7 Å². The van der Waals surface area contributed by atoms with Crippen molar-refractivity contribution in [3.8, 4) is 44.5 Å². The van der Waals surface area contributed by atoms with Gasteiger partial charge < -0.3 is 60.8 Å². The average molecular weight is 1940 g/mol. The number of nitrogens with two attached hydrogens (primary N) is 4. The van der Waals surface area contributed by atoms with E-state index in [1.165, 1.54) is 144 Å². The van der Waals surface area contributed by atoms with E-state index in [1.54, 1.807) is 12.1 Å². The highest BCUT2D eigenvalue weighted by atomic mass is 32.2. The highest BCUT2D eigenvalue weighted by molar-refractivity contribution is 7.92. The Kier molecular flexibility index (Phi) is 28.7. The normalized spacial score (nSPS) is 20.6. The van der Waals surface area contributed by atoms with Crippen molar-refractivity contribution in [3.63, 3.8) is 0 Å². The van der Waals surface area contributed by atoms with E-state index in [9.17, 15) is 43.3 Å². The predicted octanol–water partition coefficient (Wildman–Crippen LogP) is 10.9. The molecule has 13 N–H and O–H groups in total. The van der Waals surface area contributed by atoms with E-state index in [4.69, 9.17) is 22.9 Å². The van der Waals surface area contributed by atoms with Crippen molar-refractivity contribution in [2.75, 3.05) is 131 Å². The standard InChI is InChI=1S/C28H32N6O2S.C24H30N6O3S.C23H29N7O3S.C23H30N6O2S/c29-27-26-25(18-34(28(26)31-19-30-27)24-15-21(16-24)17-33-11-5-12-33)22-7-4-6-20(14-22)10-13-37(35,36)32-23-8-2-1-3-9-23;1-16(31)14-34(32,33)28-11-17-4-2-5-19(8-17)21-13-30(24-22(21)23(25)26-15-27-24)20-9-18(10-20)12-29-6-3-7-29;1-15(31)28-34(32,33)27-11-16-4-2-5-18(8-16)20-13-30(23-21(20)22(24)25-14-26-23)19-9-17(10-19)12-29-6-3-7-29;1-25-32(30,31)9-6-16-4-2-5-18(10-16)20-14-29(23-21(20)22(24)26-15-27-23)19-11-17(12-19)13-28-7-3-8-28/h1-4,6-9,14,18-19,21,24,32H,5,10-13,15-17H2,(H2,29,30,31);2,4-5,8,13,15,18,20,28H,3,6-7,9-12,14H2,1H3,(H2,25,26,27);2,4-5,8,13-14,17,19,27H,3,6-7,9-12H2,1H3,(H,28,31)(H2,24,25,26);2,4-5,10,14-15,17,19,25H,3,6-9,11-13H2,1H3,(H2,24,26,27). The fourth-order valence-corrected chi connectivity index (χ4v) is 23.8. The molecule has 722 valence electrons. The summed E-state index contributed by atoms with van der Waals surface area (Å²) in [4.78, 5) is 67.7. The first-order valence-electron chi connectivity index (χ1n) is 47.4. The Morgan fingerprint density at radius 3 is 0.978 bits per heavy atom. The molecule has 13 aromatic rings. The van der Waals surface area contributed by atoms with E-state index in [1.807, 2.05) is 114 Å². The second-order valence-electron chi connectivity index (χ2n) is 38.1. The van der Waals surface area contributed by atoms with Gasteiger partial charge in [-0.25, -0.2) is 79.3 Å². The molecule has 0 bridgehead atoms. The molecule has 39 heteroatoms. The Bertz CT molecular complexity index is 6850. The molecule has 4 saturated heterocycles. The van der Waals surface area contributed by atoms with Gasteiger partial charge in [0.1, 0.15) is 82.7 Å². The monoisotopic (exact) mass is 1940 g/mol. The zero-order valence-electron chi connectivity index (χ0n) is 77.5. The highest BCUT2D eigenvalue weighted by Gasteiger charge is 2.40. The summed E-state index contributed by atoms with van der Waals surface area (Å²) in [7, 11) is -12.8. The van der Waals surface area contributed by atoms with Crippen LogP contribution in [0.15, 0.2) is 177 Å². The molecule has 8 fully saturated rings. The van der Waals surface area contributed by atoms with Crippen LogP contribution >= 0.6 is 0 Å². The van der Waals surface area contributed by atoms with Crippen LogP contribution in [0.5, 0.6) is 0 Å². The second-order valence-corrected chi connectivity index (χ2v) is 45.3. The molecule has 4 aliphatic heterocycles. The lowest BCUT2D eigenvalue weighted by Gasteiger charge is -2.42. The van der Waals surface area contributed by atoms with Gasteiger partial charge in [0, 0.05) is 123 Å². The van der Waals surface area contributed by atoms with Gasteiger partial charge in [0.05, 0.1) is 33.1 Å². The number of sulfonamides is 3. The number of amides is 1. The number of benzene rings is 5. The van der Waals surface area contributed by atoms with Gasteiger partial charge in [-0.15, -0.1) is 0 Å². The van der Waals surface area contributed by atoms with E-state index >= 15 is 0 Å². The van der Waals surface area contributed by atoms with Gasteiger partial charge in [0.25, 0.3) is 0 Å². The minimum absolute atomic E-state index is 0.00115. The molecule has 137 heavy (non-hydrogen) atoms. The predicted molar refractivity (Wildman–Crippen MR) is 536 cm³/mol. The zero-order chi connectivity index (χ0) is 95.4. The number of anilines is 5. The number of fused-ring (bicyclic) bond motifs is 4. The Morgan fingerprint density at radius 2 is 0.679 bits per heavy atom. The average Bonchev–Trinajstić information content (AvgIpc) is 1.62. The van der Waals surface area contributed by atoms with Gasteiger partial charge in [0.15, 0.2) is 0 Å². The van der Waals surface area contributed by atoms with Gasteiger partial charge in [-0.05, 0) is 249 Å². The second kappa shape index (κ2) is 41.1. The summed E-state index contributed by atoms with van der Waals surface area (Å²) in [5.41, 5.74) is 40.3. The lowest BCUT2D eigenvalue weighted by Crippen LogP contribution is -2.43. The number of carbonyl (C=O) groups is 2. The van der Waals surface area contributed by atoms with Crippen LogP contribution in [0.25, 0.3) is 88.6 Å². The minimum atomic E-state index is -3.91. The molecule has 0 unspecified atom stereocenters. The Hall–Kier alpha value is -11.8. The maximum atomic E-state index is 12.6. The van der Waals surface area contributed by atoms with Crippen LogP contribution in [0.2, 0.25) is 0 Å². The Morgan fingerprint density at radius 1 is 0.372 bits per heavy atom. The number of aryl methyl sites for hydroxylation is 2. The van der Waals surface area contributed by atoms with Crippen LogP contribution < -0.4 is 46.5 Å². The molecule has 1 amide bonds. The zero-order valence-corrected chi connectivity index (χ0v) is 80.7. The van der Waals surface area contributed by atoms with E-state index in [0.29, 0.717) is 71.9 Å². The molecule has 0 radical (unpaired) electrons. The van der Waals surface area contributed by atoms with Gasteiger partial charge >= 0.3 is 10.2 Å². The molecule has 8 aliphatic rings. The number of hydrogen-bond acceptors (Lipinski definition) is 26. The topological polar surface area (TPSA) is 471 Å². The van der Waals surface area contributed by atoms with E-state index in [-0.39, 0.29) is 24.6 Å². The molecular weight excluding hydrogens is 1820 g/mol. The first-order valence-corrected chi connectivity index (χ1v) is 53.8. The molecule has 0 atom stereocenters. The number of likely N-dealkylation sites (tertiary alicyclic amines) is 4. The molecule has 35 nitrogen and oxygen atoms in total. The van der Waals surface area contributed by atoms with Crippen molar-refractivity contribution in [3.05, 3.63) is 200 Å². The highest BCUT2D eigenvalue weighted by Crippen LogP contribution is 2.49. The molecule has 5 aromatic carbocycles. The quantitative estimate of drug-likeness (QED) is 0.0181. The number of Topliss-reactive ketones (excluding diaryl/α,β-unsaturated/α-hetero) is 1. The Labute approximate surface area is 799 Å². The van der Waals surface area contributed by atoms with Gasteiger partial charge in [-0.2, -0.15) is 13.1 Å². The van der Waals surface area contributed by atoms with Crippen LogP contribution in [-0.4, -0.2) is 226 Å². The number of carbonyl (C=O) groups excluding carboxylic acids is 2. The molecule has 21 rings (SSSR count). The van der Waals surface area contributed by atoms with Crippen molar-refractivity contribution in [1.29, 1.82) is 0 Å². The van der Waals surface area contributed by atoms with Crippen molar-refractivity contribution in [1.82, 2.24) is 96.6 Å². The van der Waals surface area contributed by atoms with Crippen LogP contribution in [0.4, 0.5) is 29.0 Å². The molecule has 8 aromatic heterocycles. The lowest BCUT2D eigenvalue weighted by molar-refractivity contribution is -0.117. The van der Waals surface area contributed by atoms with Crippen molar-refractivity contribution in [2.24, 2.45) is 23.7 Å². The number of nitrogens with one attached hydrogen (secondary N) is 5. The third-order valence-corrected chi connectivity index (χ3v) is 33.2. The van der Waals surface area contributed by atoms with Crippen molar-refractivity contribution >= 4 is 125 Å². The summed E-state index contributed by atoms with van der Waals surface area (Å²) < 4.78 is 118. The van der Waals surface area contributed by atoms with Gasteiger partial charge in [-0.1, -0.05) is 103 Å². The summed E-state index contributed by atoms with van der Waals surface area (Å²) in [6.45, 7) is 17.2.